The number of amides is 2. The molecule has 0 saturated carbocycles. The van der Waals surface area contributed by atoms with Crippen molar-refractivity contribution in [2.45, 2.75) is 25.2 Å². The monoisotopic (exact) mass is 233 g/mol. The number of aryl methyl sites for hydroxylation is 1. The van der Waals surface area contributed by atoms with E-state index in [1.165, 1.54) is 12.1 Å². The highest BCUT2D eigenvalue weighted by molar-refractivity contribution is 6.04. The highest BCUT2D eigenvalue weighted by Crippen LogP contribution is 2.41. The summed E-state index contributed by atoms with van der Waals surface area (Å²) >= 11 is 0. The van der Waals surface area contributed by atoms with Crippen LogP contribution in [0.1, 0.15) is 29.9 Å². The van der Waals surface area contributed by atoms with Crippen LogP contribution in [-0.4, -0.2) is 11.8 Å². The molecule has 1 aromatic rings. The van der Waals surface area contributed by atoms with Crippen molar-refractivity contribution >= 4 is 11.8 Å². The van der Waals surface area contributed by atoms with Gasteiger partial charge in [-0.25, -0.2) is 4.39 Å². The van der Waals surface area contributed by atoms with Crippen molar-refractivity contribution in [3.05, 3.63) is 35.1 Å². The summed E-state index contributed by atoms with van der Waals surface area (Å²) in [6.45, 7) is 0. The van der Waals surface area contributed by atoms with E-state index < -0.39 is 0 Å². The van der Waals surface area contributed by atoms with Crippen LogP contribution in [0.5, 0.6) is 0 Å². The molecule has 2 amide bonds. The first-order chi connectivity index (χ1) is 8.15. The van der Waals surface area contributed by atoms with Gasteiger partial charge < -0.3 is 0 Å². The lowest BCUT2D eigenvalue weighted by molar-refractivity contribution is -0.126. The van der Waals surface area contributed by atoms with Crippen molar-refractivity contribution in [2.24, 2.45) is 5.92 Å². The Labute approximate surface area is 98.0 Å². The molecule has 1 saturated heterocycles. The van der Waals surface area contributed by atoms with E-state index in [4.69, 9.17) is 0 Å². The zero-order valence-electron chi connectivity index (χ0n) is 9.20. The normalized spacial score (nSPS) is 27.1. The van der Waals surface area contributed by atoms with Crippen molar-refractivity contribution in [1.82, 2.24) is 5.32 Å². The molecule has 0 spiro atoms. The Kier molecular flexibility index (Phi) is 2.24. The minimum atomic E-state index is -0.269. The minimum absolute atomic E-state index is 0.0667. The number of halogens is 1. The van der Waals surface area contributed by atoms with Gasteiger partial charge in [0.15, 0.2) is 0 Å². The molecule has 1 heterocycles. The standard InChI is InChI=1S/C13H12FNO2/c14-8-2-4-9-7(5-8)1-3-10(9)11-6-12(16)15-13(11)17/h2,4-5,10-11H,1,3,6H2,(H,15,16,17). The van der Waals surface area contributed by atoms with Gasteiger partial charge in [-0.15, -0.1) is 0 Å². The molecular weight excluding hydrogens is 221 g/mol. The molecule has 1 N–H and O–H groups in total. The van der Waals surface area contributed by atoms with Crippen molar-refractivity contribution < 1.29 is 14.0 Å². The summed E-state index contributed by atoms with van der Waals surface area (Å²) in [7, 11) is 0. The van der Waals surface area contributed by atoms with Gasteiger partial charge in [0.2, 0.25) is 11.8 Å². The van der Waals surface area contributed by atoms with Crippen LogP contribution in [0.4, 0.5) is 4.39 Å². The van der Waals surface area contributed by atoms with Gasteiger partial charge >= 0.3 is 0 Å². The molecular formula is C13H12FNO2. The fourth-order valence-electron chi connectivity index (χ4n) is 2.94. The zero-order valence-corrected chi connectivity index (χ0v) is 9.20. The second-order valence-corrected chi connectivity index (χ2v) is 4.71. The van der Waals surface area contributed by atoms with Gasteiger partial charge in [0.25, 0.3) is 0 Å². The predicted octanol–water partition coefficient (Wildman–Crippen LogP) is 1.52. The van der Waals surface area contributed by atoms with Crippen LogP contribution in [0.3, 0.4) is 0 Å². The lowest BCUT2D eigenvalue weighted by atomic mass is 9.86. The van der Waals surface area contributed by atoms with E-state index in [1.807, 2.05) is 0 Å². The molecule has 88 valence electrons. The van der Waals surface area contributed by atoms with Crippen molar-refractivity contribution in [2.75, 3.05) is 0 Å². The van der Waals surface area contributed by atoms with Gasteiger partial charge in [-0.3, -0.25) is 14.9 Å². The summed E-state index contributed by atoms with van der Waals surface area (Å²) < 4.78 is 13.1. The molecule has 3 nitrogen and oxygen atoms in total. The largest absolute Gasteiger partial charge is 0.296 e. The number of carbonyl (C=O) groups excluding carboxylic acids is 2. The van der Waals surface area contributed by atoms with Gasteiger partial charge in [0.1, 0.15) is 5.82 Å². The molecule has 0 radical (unpaired) electrons. The summed E-state index contributed by atoms with van der Waals surface area (Å²) in [4.78, 5) is 22.8. The fraction of sp³-hybridized carbons (Fsp3) is 0.385. The van der Waals surface area contributed by atoms with Crippen LogP contribution in [0, 0.1) is 11.7 Å². The number of rotatable bonds is 1. The molecule has 1 aromatic carbocycles. The zero-order chi connectivity index (χ0) is 12.0. The van der Waals surface area contributed by atoms with Crippen LogP contribution < -0.4 is 5.32 Å². The summed E-state index contributed by atoms with van der Waals surface area (Å²) in [6.07, 6.45) is 1.88. The highest BCUT2D eigenvalue weighted by Gasteiger charge is 2.40. The van der Waals surface area contributed by atoms with Crippen LogP contribution in [-0.2, 0) is 16.0 Å². The lowest BCUT2D eigenvalue weighted by Crippen LogP contribution is -2.24. The number of carbonyl (C=O) groups is 2. The van der Waals surface area contributed by atoms with Gasteiger partial charge in [0, 0.05) is 6.42 Å². The first-order valence-electron chi connectivity index (χ1n) is 5.77. The number of hydrogen-bond acceptors (Lipinski definition) is 2. The molecule has 0 aromatic heterocycles. The van der Waals surface area contributed by atoms with E-state index >= 15 is 0 Å². The first-order valence-corrected chi connectivity index (χ1v) is 5.77. The number of nitrogens with one attached hydrogen (secondary N) is 1. The van der Waals surface area contributed by atoms with Crippen LogP contribution >= 0.6 is 0 Å². The average Bonchev–Trinajstić information content (AvgIpc) is 2.81. The Morgan fingerprint density at radius 1 is 1.24 bits per heavy atom. The summed E-state index contributed by atoms with van der Waals surface area (Å²) in [5.74, 6) is -0.824. The third kappa shape index (κ3) is 1.64. The van der Waals surface area contributed by atoms with E-state index in [0.717, 1.165) is 24.0 Å². The maximum Gasteiger partial charge on any atom is 0.230 e. The third-order valence-corrected chi connectivity index (χ3v) is 3.72. The number of imide groups is 1. The van der Waals surface area contributed by atoms with Gasteiger partial charge in [-0.05, 0) is 42.0 Å². The summed E-state index contributed by atoms with van der Waals surface area (Å²) in [5.41, 5.74) is 2.00. The molecule has 17 heavy (non-hydrogen) atoms. The Balaban J connectivity index is 1.93. The van der Waals surface area contributed by atoms with E-state index in [2.05, 4.69) is 5.32 Å². The highest BCUT2D eigenvalue weighted by atomic mass is 19.1. The summed E-state index contributed by atoms with van der Waals surface area (Å²) in [5, 5.41) is 2.33. The number of hydrogen-bond donors (Lipinski definition) is 1. The minimum Gasteiger partial charge on any atom is -0.296 e. The van der Waals surface area contributed by atoms with Gasteiger partial charge in [-0.1, -0.05) is 6.07 Å². The van der Waals surface area contributed by atoms with Crippen LogP contribution in [0.15, 0.2) is 18.2 Å². The maximum atomic E-state index is 13.1. The number of benzene rings is 1. The van der Waals surface area contributed by atoms with Crippen molar-refractivity contribution in [3.63, 3.8) is 0 Å². The molecule has 1 fully saturated rings. The molecule has 4 heteroatoms. The van der Waals surface area contributed by atoms with E-state index in [-0.39, 0.29) is 35.9 Å². The second kappa shape index (κ2) is 3.65. The van der Waals surface area contributed by atoms with Crippen molar-refractivity contribution in [1.29, 1.82) is 0 Å². The van der Waals surface area contributed by atoms with Gasteiger partial charge in [-0.2, -0.15) is 0 Å². The molecule has 3 rings (SSSR count). The first kappa shape index (κ1) is 10.4. The van der Waals surface area contributed by atoms with Gasteiger partial charge in [0.05, 0.1) is 5.92 Å². The second-order valence-electron chi connectivity index (χ2n) is 4.71. The quantitative estimate of drug-likeness (QED) is 0.747. The molecule has 2 unspecified atom stereocenters. The fourth-order valence-corrected chi connectivity index (χ4v) is 2.94. The Morgan fingerprint density at radius 2 is 2.06 bits per heavy atom. The lowest BCUT2D eigenvalue weighted by Gasteiger charge is -2.16. The van der Waals surface area contributed by atoms with Crippen molar-refractivity contribution in [3.8, 4) is 0 Å². The Hall–Kier alpha value is -1.71. The summed E-state index contributed by atoms with van der Waals surface area (Å²) in [6, 6.07) is 4.70. The smallest absolute Gasteiger partial charge is 0.230 e. The Bertz CT molecular complexity index is 512. The van der Waals surface area contributed by atoms with Crippen LogP contribution in [0.25, 0.3) is 0 Å². The van der Waals surface area contributed by atoms with E-state index in [1.54, 1.807) is 6.07 Å². The third-order valence-electron chi connectivity index (χ3n) is 3.72. The molecule has 0 bridgehead atoms. The predicted molar refractivity (Wildman–Crippen MR) is 58.7 cm³/mol. The maximum absolute atomic E-state index is 13.1. The molecule has 1 aliphatic carbocycles. The molecule has 1 aliphatic heterocycles. The van der Waals surface area contributed by atoms with E-state index in [0.29, 0.717) is 0 Å². The SMILES string of the molecule is O=C1CC(C2CCc3cc(F)ccc32)C(=O)N1. The number of fused-ring (bicyclic) bond motifs is 1. The molecule has 2 atom stereocenters. The average molecular weight is 233 g/mol. The molecule has 2 aliphatic rings. The van der Waals surface area contributed by atoms with E-state index in [9.17, 15) is 14.0 Å². The topological polar surface area (TPSA) is 46.2 Å². The van der Waals surface area contributed by atoms with Crippen LogP contribution in [0.2, 0.25) is 0 Å². The Morgan fingerprint density at radius 3 is 2.76 bits per heavy atom.